The predicted octanol–water partition coefficient (Wildman–Crippen LogP) is 1.70. The predicted molar refractivity (Wildman–Crippen MR) is 72.6 cm³/mol. The summed E-state index contributed by atoms with van der Waals surface area (Å²) in [6.45, 7) is 0.271. The van der Waals surface area contributed by atoms with Gasteiger partial charge in [0.15, 0.2) is 0 Å². The van der Waals surface area contributed by atoms with Gasteiger partial charge in [0.2, 0.25) is 0 Å². The monoisotopic (exact) mass is 253 g/mol. The number of nitrogens with one attached hydrogen (secondary N) is 1. The Balaban J connectivity index is 2.46. The second kappa shape index (κ2) is 8.14. The van der Waals surface area contributed by atoms with Gasteiger partial charge in [0.1, 0.15) is 0 Å². The molecule has 0 radical (unpaired) electrons. The van der Waals surface area contributed by atoms with Crippen LogP contribution in [0.2, 0.25) is 0 Å². The minimum atomic E-state index is -0.130. The van der Waals surface area contributed by atoms with E-state index in [4.69, 9.17) is 5.11 Å². The Hall–Kier alpha value is -1.00. The van der Waals surface area contributed by atoms with Gasteiger partial charge in [0, 0.05) is 12.1 Å². The molecule has 0 spiro atoms. The molecule has 0 saturated heterocycles. The maximum atomic E-state index is 11.5. The molecule has 0 atom stereocenters. The van der Waals surface area contributed by atoms with Gasteiger partial charge in [0.05, 0.1) is 6.61 Å². The van der Waals surface area contributed by atoms with Crippen LogP contribution in [0.15, 0.2) is 24.3 Å². The molecular weight excluding hydrogens is 234 g/mol. The molecule has 2 N–H and O–H groups in total. The normalized spacial score (nSPS) is 10.2. The summed E-state index contributed by atoms with van der Waals surface area (Å²) in [5.74, 6) is 1.04. The van der Waals surface area contributed by atoms with E-state index in [2.05, 4.69) is 11.6 Å². The number of carbonyl (C=O) groups is 1. The number of hydrogen-bond acceptors (Lipinski definition) is 3. The van der Waals surface area contributed by atoms with E-state index in [-0.39, 0.29) is 12.5 Å². The van der Waals surface area contributed by atoms with Gasteiger partial charge in [-0.3, -0.25) is 4.79 Å². The third-order valence-electron chi connectivity index (χ3n) is 2.43. The fraction of sp³-hybridized carbons (Fsp3) is 0.462. The van der Waals surface area contributed by atoms with Gasteiger partial charge in [-0.05, 0) is 42.5 Å². The van der Waals surface area contributed by atoms with Crippen molar-refractivity contribution in [2.45, 2.75) is 12.8 Å². The molecule has 4 heteroatoms. The zero-order valence-corrected chi connectivity index (χ0v) is 10.9. The molecule has 0 unspecified atom stereocenters. The van der Waals surface area contributed by atoms with Crippen LogP contribution < -0.4 is 5.32 Å². The highest BCUT2D eigenvalue weighted by atomic mass is 32.2. The van der Waals surface area contributed by atoms with Crippen molar-refractivity contribution in [3.63, 3.8) is 0 Å². The Kier molecular flexibility index (Phi) is 6.74. The van der Waals surface area contributed by atoms with Crippen molar-refractivity contribution in [1.29, 1.82) is 0 Å². The molecule has 0 bridgehead atoms. The maximum absolute atomic E-state index is 11.5. The highest BCUT2D eigenvalue weighted by Gasteiger charge is 2.03. The largest absolute Gasteiger partial charge is 0.395 e. The first-order valence-corrected chi connectivity index (χ1v) is 7.14. The van der Waals surface area contributed by atoms with E-state index in [1.54, 1.807) is 0 Å². The highest BCUT2D eigenvalue weighted by Crippen LogP contribution is 2.08. The van der Waals surface area contributed by atoms with Crippen LogP contribution in [0, 0.1) is 0 Å². The van der Waals surface area contributed by atoms with Crippen LogP contribution in [-0.2, 0) is 6.42 Å². The number of thioether (sulfide) groups is 1. The van der Waals surface area contributed by atoms with Crippen LogP contribution in [0.5, 0.6) is 0 Å². The van der Waals surface area contributed by atoms with Crippen LogP contribution in [0.4, 0.5) is 0 Å². The number of carbonyl (C=O) groups excluding carboxylic acids is 1. The first-order chi connectivity index (χ1) is 8.27. The fourth-order valence-electron chi connectivity index (χ4n) is 1.51. The summed E-state index contributed by atoms with van der Waals surface area (Å²) in [4.78, 5) is 11.5. The molecule has 0 saturated carbocycles. The third kappa shape index (κ3) is 5.24. The Morgan fingerprint density at radius 1 is 1.35 bits per heavy atom. The number of amides is 1. The maximum Gasteiger partial charge on any atom is 0.251 e. The second-order valence-electron chi connectivity index (χ2n) is 3.77. The van der Waals surface area contributed by atoms with E-state index in [9.17, 15) is 4.79 Å². The van der Waals surface area contributed by atoms with Gasteiger partial charge >= 0.3 is 0 Å². The lowest BCUT2D eigenvalue weighted by Crippen LogP contribution is -2.26. The van der Waals surface area contributed by atoms with Gasteiger partial charge in [-0.1, -0.05) is 12.1 Å². The van der Waals surface area contributed by atoms with E-state index in [0.29, 0.717) is 12.1 Å². The smallest absolute Gasteiger partial charge is 0.251 e. The summed E-state index contributed by atoms with van der Waals surface area (Å²) in [7, 11) is 0. The van der Waals surface area contributed by atoms with E-state index in [1.807, 2.05) is 36.0 Å². The minimum Gasteiger partial charge on any atom is -0.395 e. The molecule has 3 nitrogen and oxygen atoms in total. The lowest BCUT2D eigenvalue weighted by atomic mass is 10.1. The van der Waals surface area contributed by atoms with Crippen LogP contribution in [0.25, 0.3) is 0 Å². The lowest BCUT2D eigenvalue weighted by molar-refractivity contribution is 0.0945. The summed E-state index contributed by atoms with van der Waals surface area (Å²) in [5.41, 5.74) is 1.91. The molecule has 1 aromatic carbocycles. The molecule has 0 aliphatic rings. The zero-order chi connectivity index (χ0) is 12.5. The molecule has 0 aliphatic carbocycles. The molecule has 1 rings (SSSR count). The number of aryl methyl sites for hydroxylation is 1. The van der Waals surface area contributed by atoms with Gasteiger partial charge in [0.25, 0.3) is 5.91 Å². The van der Waals surface area contributed by atoms with Gasteiger partial charge in [-0.2, -0.15) is 11.8 Å². The molecule has 1 amide bonds. The van der Waals surface area contributed by atoms with E-state index in [0.717, 1.165) is 12.8 Å². The van der Waals surface area contributed by atoms with Crippen molar-refractivity contribution in [2.75, 3.05) is 25.2 Å². The van der Waals surface area contributed by atoms with Crippen molar-refractivity contribution in [2.24, 2.45) is 0 Å². The van der Waals surface area contributed by atoms with Crippen LogP contribution in [0.3, 0.4) is 0 Å². The summed E-state index contributed by atoms with van der Waals surface area (Å²) in [6, 6.07) is 7.66. The van der Waals surface area contributed by atoms with Crippen LogP contribution >= 0.6 is 11.8 Å². The topological polar surface area (TPSA) is 49.3 Å². The SMILES string of the molecule is CSCCCc1ccc(C(=O)NCCO)cc1. The Morgan fingerprint density at radius 2 is 2.06 bits per heavy atom. The molecule has 94 valence electrons. The minimum absolute atomic E-state index is 0.0293. The number of aliphatic hydroxyl groups excluding tert-OH is 1. The summed E-state index contributed by atoms with van der Waals surface area (Å²) < 4.78 is 0. The van der Waals surface area contributed by atoms with Crippen molar-refractivity contribution in [1.82, 2.24) is 5.32 Å². The number of aliphatic hydroxyl groups is 1. The van der Waals surface area contributed by atoms with Gasteiger partial charge in [-0.25, -0.2) is 0 Å². The fourth-order valence-corrected chi connectivity index (χ4v) is 1.95. The third-order valence-corrected chi connectivity index (χ3v) is 3.12. The quantitative estimate of drug-likeness (QED) is 0.727. The Labute approximate surface area is 107 Å². The van der Waals surface area contributed by atoms with Crippen LogP contribution in [-0.4, -0.2) is 36.2 Å². The van der Waals surface area contributed by atoms with Crippen LogP contribution in [0.1, 0.15) is 22.3 Å². The molecule has 0 heterocycles. The average Bonchev–Trinajstić information content (AvgIpc) is 2.37. The second-order valence-corrected chi connectivity index (χ2v) is 4.76. The molecule has 0 aromatic heterocycles. The Morgan fingerprint density at radius 3 is 2.65 bits per heavy atom. The summed E-state index contributed by atoms with van der Waals surface area (Å²) >= 11 is 1.85. The average molecular weight is 253 g/mol. The van der Waals surface area contributed by atoms with E-state index < -0.39 is 0 Å². The number of benzene rings is 1. The lowest BCUT2D eigenvalue weighted by Gasteiger charge is -2.05. The highest BCUT2D eigenvalue weighted by molar-refractivity contribution is 7.98. The number of hydrogen-bond donors (Lipinski definition) is 2. The molecule has 0 aliphatic heterocycles. The van der Waals surface area contributed by atoms with E-state index >= 15 is 0 Å². The van der Waals surface area contributed by atoms with Crippen molar-refractivity contribution in [3.8, 4) is 0 Å². The molecule has 1 aromatic rings. The Bertz CT molecular complexity index is 338. The molecule has 0 fully saturated rings. The number of rotatable bonds is 7. The first kappa shape index (κ1) is 14.1. The van der Waals surface area contributed by atoms with Crippen molar-refractivity contribution >= 4 is 17.7 Å². The van der Waals surface area contributed by atoms with E-state index in [1.165, 1.54) is 11.3 Å². The summed E-state index contributed by atoms with van der Waals surface area (Å²) in [5, 5.41) is 11.2. The summed E-state index contributed by atoms with van der Waals surface area (Å²) in [6.07, 6.45) is 4.32. The standard InChI is InChI=1S/C13H19NO2S/c1-17-10-2-3-11-4-6-12(7-5-11)13(16)14-8-9-15/h4-7,15H,2-3,8-10H2,1H3,(H,14,16). The van der Waals surface area contributed by atoms with Crippen molar-refractivity contribution in [3.05, 3.63) is 35.4 Å². The van der Waals surface area contributed by atoms with Gasteiger partial charge in [-0.15, -0.1) is 0 Å². The van der Waals surface area contributed by atoms with Gasteiger partial charge < -0.3 is 10.4 Å². The van der Waals surface area contributed by atoms with Crippen molar-refractivity contribution < 1.29 is 9.90 Å². The molecular formula is C13H19NO2S. The first-order valence-electron chi connectivity index (χ1n) is 5.75. The zero-order valence-electron chi connectivity index (χ0n) is 10.1. The molecule has 17 heavy (non-hydrogen) atoms.